The van der Waals surface area contributed by atoms with Gasteiger partial charge in [-0.3, -0.25) is 4.98 Å². The van der Waals surface area contributed by atoms with Gasteiger partial charge in [0.05, 0.1) is 5.92 Å². The van der Waals surface area contributed by atoms with Crippen LogP contribution in [0.25, 0.3) is 11.4 Å². The minimum absolute atomic E-state index is 0.0800. The van der Waals surface area contributed by atoms with E-state index in [0.717, 1.165) is 16.5 Å². The first-order valence-corrected chi connectivity index (χ1v) is 7.33. The Morgan fingerprint density at radius 1 is 1.35 bits per heavy atom. The number of rotatable bonds is 4. The number of nitrogens with zero attached hydrogens (tertiary/aromatic N) is 3. The fourth-order valence-electron chi connectivity index (χ4n) is 2.06. The third-order valence-corrected chi connectivity index (χ3v) is 3.33. The third-order valence-electron chi connectivity index (χ3n) is 2.90. The molecule has 0 radical (unpaired) electrons. The quantitative estimate of drug-likeness (QED) is 0.924. The Morgan fingerprint density at radius 3 is 2.70 bits per heavy atom. The largest absolute Gasteiger partial charge is 0.339 e. The minimum atomic E-state index is 0.0800. The summed E-state index contributed by atoms with van der Waals surface area (Å²) in [7, 11) is 0. The van der Waals surface area contributed by atoms with E-state index < -0.39 is 0 Å². The van der Waals surface area contributed by atoms with Crippen molar-refractivity contribution in [1.82, 2.24) is 15.1 Å². The molecule has 5 nitrogen and oxygen atoms in total. The maximum absolute atomic E-state index is 5.84. The van der Waals surface area contributed by atoms with Gasteiger partial charge < -0.3 is 10.3 Å². The summed E-state index contributed by atoms with van der Waals surface area (Å²) in [5, 5.41) is 4.02. The summed E-state index contributed by atoms with van der Waals surface area (Å²) in [6.07, 6.45) is 4.33. The van der Waals surface area contributed by atoms with Gasteiger partial charge in [0.15, 0.2) is 0 Å². The lowest BCUT2D eigenvalue weighted by Gasteiger charge is -2.22. The highest BCUT2D eigenvalue weighted by atomic mass is 79.9. The zero-order valence-electron chi connectivity index (χ0n) is 11.9. The molecule has 0 fully saturated rings. The van der Waals surface area contributed by atoms with Crippen molar-refractivity contribution >= 4 is 15.9 Å². The monoisotopic (exact) mass is 338 g/mol. The number of hydrogen-bond acceptors (Lipinski definition) is 5. The van der Waals surface area contributed by atoms with Crippen molar-refractivity contribution in [3.8, 4) is 11.4 Å². The summed E-state index contributed by atoms with van der Waals surface area (Å²) in [5.74, 6) is 1.22. The molecule has 2 aromatic rings. The Balaban J connectivity index is 2.23. The first-order valence-electron chi connectivity index (χ1n) is 6.53. The second-order valence-corrected chi connectivity index (χ2v) is 6.96. The van der Waals surface area contributed by atoms with E-state index in [1.54, 1.807) is 12.4 Å². The van der Waals surface area contributed by atoms with Crippen LogP contribution in [0.1, 0.15) is 39.0 Å². The van der Waals surface area contributed by atoms with Gasteiger partial charge in [-0.25, -0.2) is 0 Å². The van der Waals surface area contributed by atoms with Crippen LogP contribution in [0.3, 0.4) is 0 Å². The highest BCUT2D eigenvalue weighted by Crippen LogP contribution is 2.30. The SMILES string of the molecule is CC(C)(C)CC(CN)c1nc(-c2cncc(Br)c2)no1. The molecule has 108 valence electrons. The van der Waals surface area contributed by atoms with Crippen LogP contribution >= 0.6 is 15.9 Å². The fraction of sp³-hybridized carbons (Fsp3) is 0.500. The number of hydrogen-bond donors (Lipinski definition) is 1. The Hall–Kier alpha value is -1.27. The molecule has 0 bridgehead atoms. The highest BCUT2D eigenvalue weighted by molar-refractivity contribution is 9.10. The van der Waals surface area contributed by atoms with Crippen LogP contribution in [0.2, 0.25) is 0 Å². The summed E-state index contributed by atoms with van der Waals surface area (Å²) >= 11 is 3.38. The molecule has 6 heteroatoms. The molecule has 1 atom stereocenters. The first-order chi connectivity index (χ1) is 9.39. The van der Waals surface area contributed by atoms with Crippen LogP contribution in [0.5, 0.6) is 0 Å². The molecule has 2 rings (SSSR count). The van der Waals surface area contributed by atoms with E-state index in [0.29, 0.717) is 18.3 Å². The van der Waals surface area contributed by atoms with Gasteiger partial charge in [-0.05, 0) is 33.8 Å². The molecule has 2 N–H and O–H groups in total. The van der Waals surface area contributed by atoms with Crippen molar-refractivity contribution < 1.29 is 4.52 Å². The molecule has 20 heavy (non-hydrogen) atoms. The molecule has 0 aliphatic carbocycles. The predicted octanol–water partition coefficient (Wildman–Crippen LogP) is 3.37. The van der Waals surface area contributed by atoms with Gasteiger partial charge in [-0.1, -0.05) is 25.9 Å². The van der Waals surface area contributed by atoms with Gasteiger partial charge in [0, 0.05) is 29.0 Å². The molecule has 1 unspecified atom stereocenters. The average molecular weight is 339 g/mol. The van der Waals surface area contributed by atoms with E-state index in [4.69, 9.17) is 10.3 Å². The fourth-order valence-corrected chi connectivity index (χ4v) is 2.43. The Labute approximate surface area is 127 Å². The minimum Gasteiger partial charge on any atom is -0.339 e. The van der Waals surface area contributed by atoms with Crippen LogP contribution in [0.15, 0.2) is 27.5 Å². The van der Waals surface area contributed by atoms with Crippen molar-refractivity contribution in [3.63, 3.8) is 0 Å². The maximum atomic E-state index is 5.84. The summed E-state index contributed by atoms with van der Waals surface area (Å²) in [6, 6.07) is 1.91. The standard InChI is InChI=1S/C14H19BrN4O/c1-14(2,3)5-10(6-16)13-18-12(19-20-13)9-4-11(15)8-17-7-9/h4,7-8,10H,5-6,16H2,1-3H3. The van der Waals surface area contributed by atoms with E-state index in [1.807, 2.05) is 6.07 Å². The molecule has 0 aromatic carbocycles. The molecule has 0 aliphatic rings. The summed E-state index contributed by atoms with van der Waals surface area (Å²) in [6.45, 7) is 7.01. The second kappa shape index (κ2) is 6.01. The van der Waals surface area contributed by atoms with Crippen LogP contribution in [-0.2, 0) is 0 Å². The van der Waals surface area contributed by atoms with Gasteiger partial charge in [-0.2, -0.15) is 4.98 Å². The maximum Gasteiger partial charge on any atom is 0.231 e. The molecular weight excluding hydrogens is 320 g/mol. The molecule has 0 amide bonds. The van der Waals surface area contributed by atoms with Crippen LogP contribution < -0.4 is 5.73 Å². The van der Waals surface area contributed by atoms with Crippen LogP contribution in [0.4, 0.5) is 0 Å². The van der Waals surface area contributed by atoms with Crippen LogP contribution in [-0.4, -0.2) is 21.7 Å². The Morgan fingerprint density at radius 2 is 2.10 bits per heavy atom. The van der Waals surface area contributed by atoms with Gasteiger partial charge >= 0.3 is 0 Å². The van der Waals surface area contributed by atoms with E-state index in [1.165, 1.54) is 0 Å². The van der Waals surface area contributed by atoms with Crippen molar-refractivity contribution in [2.75, 3.05) is 6.54 Å². The second-order valence-electron chi connectivity index (χ2n) is 6.05. The lowest BCUT2D eigenvalue weighted by atomic mass is 9.84. The summed E-state index contributed by atoms with van der Waals surface area (Å²) in [5.41, 5.74) is 6.82. The normalized spacial score (nSPS) is 13.4. The Kier molecular flexibility index (Phi) is 4.55. The lowest BCUT2D eigenvalue weighted by molar-refractivity contribution is 0.287. The van der Waals surface area contributed by atoms with Crippen molar-refractivity contribution in [2.24, 2.45) is 11.1 Å². The Bertz CT molecular complexity index is 577. The summed E-state index contributed by atoms with van der Waals surface area (Å²) < 4.78 is 6.25. The van der Waals surface area contributed by atoms with Crippen molar-refractivity contribution in [3.05, 3.63) is 28.8 Å². The van der Waals surface area contributed by atoms with E-state index in [-0.39, 0.29) is 11.3 Å². The first kappa shape index (κ1) is 15.1. The number of aromatic nitrogens is 3. The predicted molar refractivity (Wildman–Crippen MR) is 81.1 cm³/mol. The van der Waals surface area contributed by atoms with E-state index in [9.17, 15) is 0 Å². The lowest BCUT2D eigenvalue weighted by Crippen LogP contribution is -2.19. The highest BCUT2D eigenvalue weighted by Gasteiger charge is 2.24. The van der Waals surface area contributed by atoms with Gasteiger partial charge in [0.2, 0.25) is 11.7 Å². The topological polar surface area (TPSA) is 77.8 Å². The molecular formula is C14H19BrN4O. The molecule has 0 saturated carbocycles. The average Bonchev–Trinajstić information content (AvgIpc) is 2.84. The number of halogens is 1. The smallest absolute Gasteiger partial charge is 0.231 e. The molecule has 2 heterocycles. The zero-order chi connectivity index (χ0) is 14.8. The number of nitrogens with two attached hydrogens (primary N) is 1. The van der Waals surface area contributed by atoms with Crippen LogP contribution in [0, 0.1) is 5.41 Å². The zero-order valence-corrected chi connectivity index (χ0v) is 13.5. The van der Waals surface area contributed by atoms with E-state index in [2.05, 4.69) is 51.8 Å². The van der Waals surface area contributed by atoms with E-state index >= 15 is 0 Å². The number of pyridine rings is 1. The third kappa shape index (κ3) is 3.86. The molecule has 0 spiro atoms. The van der Waals surface area contributed by atoms with Gasteiger partial charge in [0.1, 0.15) is 0 Å². The summed E-state index contributed by atoms with van der Waals surface area (Å²) in [4.78, 5) is 8.56. The van der Waals surface area contributed by atoms with Gasteiger partial charge in [0.25, 0.3) is 0 Å². The van der Waals surface area contributed by atoms with Gasteiger partial charge in [-0.15, -0.1) is 0 Å². The molecule has 0 aliphatic heterocycles. The van der Waals surface area contributed by atoms with Crippen molar-refractivity contribution in [2.45, 2.75) is 33.1 Å². The van der Waals surface area contributed by atoms with Crippen molar-refractivity contribution in [1.29, 1.82) is 0 Å². The molecule has 0 saturated heterocycles. The molecule has 2 aromatic heterocycles.